The molecule has 0 bridgehead atoms. The molecule has 0 saturated carbocycles. The summed E-state index contributed by atoms with van der Waals surface area (Å²) in [5.74, 6) is -0.908. The van der Waals surface area contributed by atoms with Gasteiger partial charge in [0.05, 0.1) is 12.1 Å². The molecule has 1 rings (SSSR count). The third kappa shape index (κ3) is 1.95. The summed E-state index contributed by atoms with van der Waals surface area (Å²) < 4.78 is 5.32. The molecule has 5 heteroatoms. The van der Waals surface area contributed by atoms with E-state index in [1.807, 2.05) is 0 Å². The molecule has 0 amide bonds. The van der Waals surface area contributed by atoms with Crippen molar-refractivity contribution in [3.63, 3.8) is 0 Å². The molecule has 0 fully saturated rings. The molecule has 1 aromatic carbocycles. The quantitative estimate of drug-likeness (QED) is 0.894. The molecule has 13 heavy (non-hydrogen) atoms. The summed E-state index contributed by atoms with van der Waals surface area (Å²) in [6.07, 6.45) is 0. The average molecular weight is 265 g/mol. The minimum atomic E-state index is -1.08. The Morgan fingerprint density at radius 1 is 1.62 bits per heavy atom. The number of methoxy groups -OCH3 is 1. The van der Waals surface area contributed by atoms with E-state index in [-0.39, 0.29) is 16.3 Å². The molecular weight excluding hydrogens is 259 g/mol. The molecule has 0 aliphatic heterocycles. The Labute approximate surface area is 88.4 Å². The highest BCUT2D eigenvalue weighted by Crippen LogP contribution is 2.33. The van der Waals surface area contributed by atoms with Gasteiger partial charge in [-0.3, -0.25) is 0 Å². The normalized spacial score (nSPS) is 9.77. The Hall–Kier alpha value is -0.740. The van der Waals surface area contributed by atoms with Crippen LogP contribution in [0.3, 0.4) is 0 Å². The number of ether oxygens (including phenoxy) is 1. The second kappa shape index (κ2) is 3.98. The maximum Gasteiger partial charge on any atom is 0.340 e. The molecule has 1 aromatic rings. The lowest BCUT2D eigenvalue weighted by molar-refractivity contribution is 0.0692. The fraction of sp³-hybridized carbons (Fsp3) is 0.125. The first kappa shape index (κ1) is 10.3. The van der Waals surface area contributed by atoms with Crippen molar-refractivity contribution in [3.05, 3.63) is 27.2 Å². The number of hydrogen-bond donors (Lipinski definition) is 1. The van der Waals surface area contributed by atoms with Crippen molar-refractivity contribution < 1.29 is 14.6 Å². The summed E-state index contributed by atoms with van der Waals surface area (Å²) in [7, 11) is 1.38. The highest BCUT2D eigenvalue weighted by molar-refractivity contribution is 9.10. The predicted octanol–water partition coefficient (Wildman–Crippen LogP) is 2.81. The zero-order valence-electron chi connectivity index (χ0n) is 6.67. The minimum Gasteiger partial charge on any atom is -0.494 e. The van der Waals surface area contributed by atoms with E-state index in [0.29, 0.717) is 4.47 Å². The number of halogens is 2. The van der Waals surface area contributed by atoms with Gasteiger partial charge in [-0.2, -0.15) is 0 Å². The fourth-order valence-corrected chi connectivity index (χ4v) is 1.65. The fourth-order valence-electron chi connectivity index (χ4n) is 0.932. The van der Waals surface area contributed by atoms with Gasteiger partial charge in [-0.05, 0) is 28.1 Å². The largest absolute Gasteiger partial charge is 0.494 e. The van der Waals surface area contributed by atoms with Crippen molar-refractivity contribution in [1.29, 1.82) is 0 Å². The summed E-state index contributed by atoms with van der Waals surface area (Å²) in [5.41, 5.74) is 0.0370. The van der Waals surface area contributed by atoms with Crippen LogP contribution in [0.1, 0.15) is 10.4 Å². The van der Waals surface area contributed by atoms with Crippen molar-refractivity contribution in [2.75, 3.05) is 7.11 Å². The number of carbonyl (C=O) groups is 1. The van der Waals surface area contributed by atoms with Gasteiger partial charge in [0.25, 0.3) is 0 Å². The Morgan fingerprint density at radius 2 is 2.23 bits per heavy atom. The molecule has 0 atom stereocenters. The molecule has 0 radical (unpaired) electrons. The summed E-state index contributed by atoms with van der Waals surface area (Å²) in [6.45, 7) is 0. The van der Waals surface area contributed by atoms with Gasteiger partial charge in [0.1, 0.15) is 5.56 Å². The summed E-state index contributed by atoms with van der Waals surface area (Å²) in [4.78, 5) is 10.8. The van der Waals surface area contributed by atoms with E-state index in [0.717, 1.165) is 0 Å². The Morgan fingerprint density at radius 3 is 2.62 bits per heavy atom. The van der Waals surface area contributed by atoms with Gasteiger partial charge >= 0.3 is 5.97 Å². The summed E-state index contributed by atoms with van der Waals surface area (Å²) in [6, 6.07) is 3.13. The van der Waals surface area contributed by atoms with Crippen LogP contribution in [0, 0.1) is 0 Å². The maximum atomic E-state index is 10.8. The molecule has 0 heterocycles. The van der Waals surface area contributed by atoms with Gasteiger partial charge in [0, 0.05) is 4.47 Å². The van der Waals surface area contributed by atoms with E-state index in [1.165, 1.54) is 7.11 Å². The minimum absolute atomic E-state index is 0.0370. The number of aromatic carboxylic acids is 1. The molecule has 0 aromatic heterocycles. The van der Waals surface area contributed by atoms with Crippen LogP contribution in [0.2, 0.25) is 5.02 Å². The predicted molar refractivity (Wildman–Crippen MR) is 52.7 cm³/mol. The molecule has 1 N–H and O–H groups in total. The van der Waals surface area contributed by atoms with Crippen LogP contribution >= 0.6 is 27.5 Å². The van der Waals surface area contributed by atoms with Gasteiger partial charge in [-0.25, -0.2) is 4.79 Å². The van der Waals surface area contributed by atoms with Crippen molar-refractivity contribution in [2.45, 2.75) is 0 Å². The smallest absolute Gasteiger partial charge is 0.340 e. The van der Waals surface area contributed by atoms with Crippen molar-refractivity contribution in [3.8, 4) is 5.75 Å². The molecule has 0 spiro atoms. The SMILES string of the molecule is COc1c(Cl)ccc(Br)c1C(=O)O. The van der Waals surface area contributed by atoms with E-state index in [2.05, 4.69) is 15.9 Å². The van der Waals surface area contributed by atoms with Gasteiger partial charge in [-0.1, -0.05) is 11.6 Å². The van der Waals surface area contributed by atoms with Crippen LogP contribution in [0.5, 0.6) is 5.75 Å². The lowest BCUT2D eigenvalue weighted by Crippen LogP contribution is -2.02. The van der Waals surface area contributed by atoms with Crippen LogP contribution < -0.4 is 4.74 Å². The Kier molecular flexibility index (Phi) is 3.17. The zero-order valence-corrected chi connectivity index (χ0v) is 9.02. The van der Waals surface area contributed by atoms with Crippen molar-refractivity contribution >= 4 is 33.5 Å². The topological polar surface area (TPSA) is 46.5 Å². The van der Waals surface area contributed by atoms with E-state index >= 15 is 0 Å². The first-order valence-corrected chi connectivity index (χ1v) is 4.50. The van der Waals surface area contributed by atoms with Crippen LogP contribution in [0.4, 0.5) is 0 Å². The van der Waals surface area contributed by atoms with E-state index in [9.17, 15) is 4.79 Å². The number of rotatable bonds is 2. The average Bonchev–Trinajstić information content (AvgIpc) is 2.07. The second-order valence-electron chi connectivity index (χ2n) is 2.24. The monoisotopic (exact) mass is 264 g/mol. The molecule has 0 aliphatic rings. The maximum absolute atomic E-state index is 10.8. The van der Waals surface area contributed by atoms with Gasteiger partial charge in [-0.15, -0.1) is 0 Å². The zero-order chi connectivity index (χ0) is 10.0. The second-order valence-corrected chi connectivity index (χ2v) is 3.50. The third-order valence-electron chi connectivity index (χ3n) is 1.48. The van der Waals surface area contributed by atoms with Crippen molar-refractivity contribution in [2.24, 2.45) is 0 Å². The highest BCUT2D eigenvalue weighted by Gasteiger charge is 2.17. The van der Waals surface area contributed by atoms with E-state index in [4.69, 9.17) is 21.4 Å². The number of hydrogen-bond acceptors (Lipinski definition) is 2. The van der Waals surface area contributed by atoms with Crippen LogP contribution in [0.15, 0.2) is 16.6 Å². The molecular formula is C8H6BrClO3. The molecule has 0 aliphatic carbocycles. The van der Waals surface area contributed by atoms with Gasteiger partial charge in [0.2, 0.25) is 0 Å². The number of carboxylic acid groups (broad SMARTS) is 1. The van der Waals surface area contributed by atoms with E-state index < -0.39 is 5.97 Å². The molecule has 0 saturated heterocycles. The lowest BCUT2D eigenvalue weighted by Gasteiger charge is -2.07. The van der Waals surface area contributed by atoms with Gasteiger partial charge < -0.3 is 9.84 Å². The molecule has 0 unspecified atom stereocenters. The van der Waals surface area contributed by atoms with E-state index in [1.54, 1.807) is 12.1 Å². The Bertz CT molecular complexity index is 351. The van der Waals surface area contributed by atoms with Gasteiger partial charge in [0.15, 0.2) is 5.75 Å². The highest BCUT2D eigenvalue weighted by atomic mass is 79.9. The summed E-state index contributed by atoms with van der Waals surface area (Å²) in [5, 5.41) is 9.11. The molecule has 70 valence electrons. The lowest BCUT2D eigenvalue weighted by atomic mass is 10.2. The van der Waals surface area contributed by atoms with Crippen LogP contribution in [-0.2, 0) is 0 Å². The standard InChI is InChI=1S/C8H6BrClO3/c1-13-7-5(10)3-2-4(9)6(7)8(11)12/h2-3H,1H3,(H,11,12). The first-order chi connectivity index (χ1) is 6.07. The van der Waals surface area contributed by atoms with Crippen LogP contribution in [-0.4, -0.2) is 18.2 Å². The molecule has 3 nitrogen and oxygen atoms in total. The first-order valence-electron chi connectivity index (χ1n) is 3.33. The van der Waals surface area contributed by atoms with Crippen molar-refractivity contribution in [1.82, 2.24) is 0 Å². The summed E-state index contributed by atoms with van der Waals surface area (Å²) >= 11 is 8.84. The van der Waals surface area contributed by atoms with Crippen LogP contribution in [0.25, 0.3) is 0 Å². The number of benzene rings is 1. The Balaban J connectivity index is 3.43. The third-order valence-corrected chi connectivity index (χ3v) is 2.44. The number of carboxylic acids is 1.